The van der Waals surface area contributed by atoms with Gasteiger partial charge < -0.3 is 10.2 Å². The van der Waals surface area contributed by atoms with Crippen LogP contribution in [0.25, 0.3) is 5.69 Å². The van der Waals surface area contributed by atoms with Crippen molar-refractivity contribution in [1.82, 2.24) is 9.78 Å². The topological polar surface area (TPSA) is 106 Å². The van der Waals surface area contributed by atoms with Gasteiger partial charge in [0, 0.05) is 17.7 Å². The lowest BCUT2D eigenvalue weighted by Gasteiger charge is -2.40. The molecule has 1 N–H and O–H groups in total. The third-order valence-corrected chi connectivity index (χ3v) is 7.08. The van der Waals surface area contributed by atoms with E-state index in [1.165, 1.54) is 12.1 Å². The van der Waals surface area contributed by atoms with Crippen molar-refractivity contribution in [2.45, 2.75) is 13.0 Å². The number of nitrogens with one attached hydrogen (secondary N) is 1. The quantitative estimate of drug-likeness (QED) is 0.265. The maximum atomic E-state index is 13.3. The molecule has 6 rings (SSSR count). The van der Waals surface area contributed by atoms with Crippen LogP contribution in [0.15, 0.2) is 71.7 Å². The van der Waals surface area contributed by atoms with Crippen LogP contribution in [0.1, 0.15) is 22.9 Å². The number of fused-ring (bicyclic) bond motifs is 4. The van der Waals surface area contributed by atoms with Crippen molar-refractivity contribution < 1.29 is 9.72 Å². The van der Waals surface area contributed by atoms with Gasteiger partial charge in [-0.25, -0.2) is 9.67 Å². The molecule has 1 atom stereocenters. The summed E-state index contributed by atoms with van der Waals surface area (Å²) in [6, 6.07) is 18.2. The van der Waals surface area contributed by atoms with Gasteiger partial charge in [0.2, 0.25) is 5.84 Å². The molecule has 0 spiro atoms. The molecule has 9 nitrogen and oxygen atoms in total. The normalized spacial score (nSPS) is 16.0. The summed E-state index contributed by atoms with van der Waals surface area (Å²) < 4.78 is 1.58. The summed E-state index contributed by atoms with van der Waals surface area (Å²) in [6.07, 6.45) is 0. The average molecular weight is 519 g/mol. The van der Waals surface area contributed by atoms with Gasteiger partial charge in [-0.1, -0.05) is 47.5 Å². The predicted molar refractivity (Wildman–Crippen MR) is 138 cm³/mol. The number of carbonyl (C=O) groups is 1. The van der Waals surface area contributed by atoms with Crippen LogP contribution in [0.2, 0.25) is 10.0 Å². The molecule has 2 aliphatic rings. The lowest BCUT2D eigenvalue weighted by atomic mass is 9.93. The number of rotatable bonds is 3. The van der Waals surface area contributed by atoms with Gasteiger partial charge in [-0.05, 0) is 42.8 Å². The Morgan fingerprint density at radius 3 is 2.53 bits per heavy atom. The molecule has 178 valence electrons. The number of hydrogen-bond donors (Lipinski definition) is 1. The van der Waals surface area contributed by atoms with Gasteiger partial charge in [-0.3, -0.25) is 14.9 Å². The van der Waals surface area contributed by atoms with Crippen LogP contribution in [0.5, 0.6) is 0 Å². The van der Waals surface area contributed by atoms with E-state index < -0.39 is 11.0 Å². The van der Waals surface area contributed by atoms with Gasteiger partial charge in [-0.2, -0.15) is 5.10 Å². The Morgan fingerprint density at radius 2 is 1.78 bits per heavy atom. The van der Waals surface area contributed by atoms with Crippen LogP contribution in [-0.2, 0) is 4.79 Å². The number of hydrogen-bond acceptors (Lipinski definition) is 6. The molecule has 1 amide bonds. The van der Waals surface area contributed by atoms with E-state index in [2.05, 4.69) is 5.32 Å². The number of aromatic nitrogens is 2. The van der Waals surface area contributed by atoms with Crippen molar-refractivity contribution in [3.05, 3.63) is 104 Å². The summed E-state index contributed by atoms with van der Waals surface area (Å²) in [5, 5.41) is 19.5. The second-order valence-electron chi connectivity index (χ2n) is 8.33. The van der Waals surface area contributed by atoms with Crippen molar-refractivity contribution in [2.24, 2.45) is 4.99 Å². The zero-order valence-corrected chi connectivity index (χ0v) is 20.2. The van der Waals surface area contributed by atoms with Gasteiger partial charge in [0.05, 0.1) is 43.8 Å². The van der Waals surface area contributed by atoms with Gasteiger partial charge in [0.1, 0.15) is 0 Å². The molecule has 1 aromatic heterocycles. The van der Waals surface area contributed by atoms with E-state index in [0.29, 0.717) is 38.5 Å². The number of aryl methyl sites for hydroxylation is 1. The highest BCUT2D eigenvalue weighted by molar-refractivity contribution is 6.50. The number of aliphatic imine (C=N–C) groups is 1. The Kier molecular flexibility index (Phi) is 5.06. The summed E-state index contributed by atoms with van der Waals surface area (Å²) in [6.45, 7) is 1.85. The smallest absolute Gasteiger partial charge is 0.291 e. The number of nitro benzene ring substituents is 1. The first-order chi connectivity index (χ1) is 17.3. The molecule has 0 saturated carbocycles. The van der Waals surface area contributed by atoms with Crippen LogP contribution in [0, 0.1) is 17.0 Å². The van der Waals surface area contributed by atoms with Crippen LogP contribution in [0.3, 0.4) is 0 Å². The van der Waals surface area contributed by atoms with Gasteiger partial charge in [0.25, 0.3) is 11.6 Å². The highest BCUT2D eigenvalue weighted by atomic mass is 35.5. The SMILES string of the molecule is Cc1nn(-c2ccc([N+](=O)[O-])cc2)c2c1C(c1cccc(Cl)c1Cl)N1C(=N2)C(=O)Nc2ccccc21. The summed E-state index contributed by atoms with van der Waals surface area (Å²) >= 11 is 13.1. The van der Waals surface area contributed by atoms with Crippen molar-refractivity contribution >= 4 is 57.8 Å². The Labute approximate surface area is 214 Å². The number of non-ortho nitro benzene ring substituents is 1. The number of amidine groups is 1. The Balaban J connectivity index is 1.64. The minimum absolute atomic E-state index is 0.0409. The van der Waals surface area contributed by atoms with E-state index in [-0.39, 0.29) is 17.4 Å². The molecule has 0 saturated heterocycles. The van der Waals surface area contributed by atoms with Crippen LogP contribution >= 0.6 is 23.2 Å². The first-order valence-electron chi connectivity index (χ1n) is 10.9. The summed E-state index contributed by atoms with van der Waals surface area (Å²) in [7, 11) is 0. The van der Waals surface area contributed by atoms with Crippen LogP contribution < -0.4 is 10.2 Å². The number of para-hydroxylation sites is 2. The molecular weight excluding hydrogens is 503 g/mol. The minimum Gasteiger partial charge on any atom is -0.317 e. The van der Waals surface area contributed by atoms with E-state index in [1.54, 1.807) is 28.9 Å². The van der Waals surface area contributed by atoms with E-state index in [0.717, 1.165) is 11.3 Å². The zero-order valence-electron chi connectivity index (χ0n) is 18.6. The zero-order chi connectivity index (χ0) is 25.1. The summed E-state index contributed by atoms with van der Waals surface area (Å²) in [4.78, 5) is 30.5. The molecule has 0 bridgehead atoms. The maximum Gasteiger partial charge on any atom is 0.291 e. The molecule has 36 heavy (non-hydrogen) atoms. The second kappa shape index (κ2) is 8.18. The second-order valence-corrected chi connectivity index (χ2v) is 9.12. The van der Waals surface area contributed by atoms with Crippen molar-refractivity contribution in [2.75, 3.05) is 10.2 Å². The highest BCUT2D eigenvalue weighted by Gasteiger charge is 2.43. The number of benzene rings is 3. The van der Waals surface area contributed by atoms with Gasteiger partial charge >= 0.3 is 0 Å². The molecule has 0 radical (unpaired) electrons. The molecule has 2 aliphatic heterocycles. The fourth-order valence-electron chi connectivity index (χ4n) is 4.66. The molecular formula is C25H16Cl2N6O3. The van der Waals surface area contributed by atoms with E-state index in [9.17, 15) is 14.9 Å². The number of nitrogens with zero attached hydrogens (tertiary/aromatic N) is 5. The Bertz CT molecular complexity index is 1610. The first kappa shape index (κ1) is 22.3. The molecule has 11 heteroatoms. The van der Waals surface area contributed by atoms with Crippen molar-refractivity contribution in [3.63, 3.8) is 0 Å². The van der Waals surface area contributed by atoms with Crippen LogP contribution in [0.4, 0.5) is 22.9 Å². The maximum absolute atomic E-state index is 13.3. The fourth-order valence-corrected chi connectivity index (χ4v) is 5.07. The highest BCUT2D eigenvalue weighted by Crippen LogP contribution is 2.49. The van der Waals surface area contributed by atoms with Crippen molar-refractivity contribution in [3.8, 4) is 5.69 Å². The largest absolute Gasteiger partial charge is 0.317 e. The van der Waals surface area contributed by atoms with Gasteiger partial charge in [-0.15, -0.1) is 0 Å². The summed E-state index contributed by atoms with van der Waals surface area (Å²) in [5.41, 5.74) is 4.02. The molecule has 1 unspecified atom stereocenters. The summed E-state index contributed by atoms with van der Waals surface area (Å²) in [5.74, 6) is 0.227. The molecule has 3 heterocycles. The lowest BCUT2D eigenvalue weighted by Crippen LogP contribution is -2.48. The fraction of sp³-hybridized carbons (Fsp3) is 0.0800. The van der Waals surface area contributed by atoms with Gasteiger partial charge in [0.15, 0.2) is 5.82 Å². The van der Waals surface area contributed by atoms with Crippen molar-refractivity contribution in [1.29, 1.82) is 0 Å². The van der Waals surface area contributed by atoms with E-state index in [1.807, 2.05) is 42.2 Å². The standard InChI is InChI=1S/C25H16Cl2N6O3/c1-13-20-22(16-5-4-6-17(26)21(16)27)31-19-8-3-2-7-18(19)28-25(34)24(31)29-23(20)32(30-13)14-9-11-15(12-10-14)33(35)36/h2-12,22H,1H3,(H,28,34). The molecule has 0 fully saturated rings. The molecule has 0 aliphatic carbocycles. The number of halogens is 2. The first-order valence-corrected chi connectivity index (χ1v) is 11.7. The van der Waals surface area contributed by atoms with E-state index >= 15 is 0 Å². The Hall–Kier alpha value is -4.21. The minimum atomic E-state index is -0.558. The molecule has 3 aromatic carbocycles. The number of anilines is 2. The lowest BCUT2D eigenvalue weighted by molar-refractivity contribution is -0.384. The number of carbonyl (C=O) groups excluding carboxylic acids is 1. The van der Waals surface area contributed by atoms with E-state index in [4.69, 9.17) is 33.3 Å². The third-order valence-electron chi connectivity index (χ3n) is 6.25. The monoisotopic (exact) mass is 518 g/mol. The average Bonchev–Trinajstić information content (AvgIpc) is 3.21. The van der Waals surface area contributed by atoms with Crippen LogP contribution in [-0.4, -0.2) is 26.4 Å². The molecule has 4 aromatic rings. The number of amides is 1. The predicted octanol–water partition coefficient (Wildman–Crippen LogP) is 5.99. The Morgan fingerprint density at radius 1 is 1.03 bits per heavy atom. The number of nitro groups is 1. The third kappa shape index (κ3) is 3.28.